The number of hydrogen-bond donors (Lipinski definition) is 0. The Bertz CT molecular complexity index is 13.8. The SMILES string of the molecule is [Ca+2].[Ca+2].[Ca+2].[Ca+2].[Ca+2].[OH-].[OH-].[OH-].[OH-].[OH-].[OH-].[OH-].[OH-].[OH-].[OH-]. The Hall–Kier alpha value is 5.90. The molecule has 0 spiro atoms. The van der Waals surface area contributed by atoms with Gasteiger partial charge in [0.2, 0.25) is 0 Å². The van der Waals surface area contributed by atoms with Gasteiger partial charge in [-0.25, -0.2) is 0 Å². The van der Waals surface area contributed by atoms with Crippen LogP contribution in [0.5, 0.6) is 0 Å². The van der Waals surface area contributed by atoms with Gasteiger partial charge in [0, 0.05) is 0 Å². The summed E-state index contributed by atoms with van der Waals surface area (Å²) in [5.74, 6) is 0. The van der Waals surface area contributed by atoms with Crippen LogP contribution in [0.4, 0.5) is 0 Å². The average molecular weight is 370 g/mol. The van der Waals surface area contributed by atoms with Crippen LogP contribution in [0, 0.1) is 0 Å². The zero-order valence-electron chi connectivity index (χ0n) is 8.01. The Balaban J connectivity index is 0. The molecular weight excluding hydrogens is 360 g/mol. The van der Waals surface area contributed by atoms with Crippen LogP contribution in [-0.4, -0.2) is 243 Å². The molecule has 0 saturated carbocycles. The Labute approximate surface area is 237 Å². The molecule has 15 heteroatoms. The summed E-state index contributed by atoms with van der Waals surface area (Å²) in [4.78, 5) is 0. The molecule has 0 aromatic carbocycles. The standard InChI is InChI=1S/5Ca.10H2O/h;;;;;10*1H2/q5*+2;;;;;;;;;;/p-10. The third-order valence-corrected chi connectivity index (χ3v) is 0. The monoisotopic (exact) mass is 370 g/mol. The van der Waals surface area contributed by atoms with Gasteiger partial charge in [-0.05, 0) is 0 Å². The molecule has 0 aromatic rings. The van der Waals surface area contributed by atoms with Crippen LogP contribution in [0.1, 0.15) is 0 Å². The number of hydrogen-bond acceptors (Lipinski definition) is 10. The van der Waals surface area contributed by atoms with Gasteiger partial charge in [0.15, 0.2) is 0 Å². The van der Waals surface area contributed by atoms with Gasteiger partial charge in [0.25, 0.3) is 0 Å². The van der Waals surface area contributed by atoms with E-state index in [1.165, 1.54) is 0 Å². The second-order valence-corrected chi connectivity index (χ2v) is 0. The van der Waals surface area contributed by atoms with Crippen LogP contribution in [0.15, 0.2) is 0 Å². The van der Waals surface area contributed by atoms with Crippen molar-refractivity contribution in [3.8, 4) is 0 Å². The molecule has 0 bridgehead atoms. The van der Waals surface area contributed by atoms with Gasteiger partial charge in [0.1, 0.15) is 0 Å². The van der Waals surface area contributed by atoms with Crippen molar-refractivity contribution in [3.05, 3.63) is 0 Å². The van der Waals surface area contributed by atoms with E-state index in [0.29, 0.717) is 0 Å². The second kappa shape index (κ2) is 204. The largest absolute Gasteiger partial charge is 2.00 e. The normalized spacial score (nSPS) is 0. The Morgan fingerprint density at radius 1 is 0.133 bits per heavy atom. The summed E-state index contributed by atoms with van der Waals surface area (Å²) >= 11 is 0. The van der Waals surface area contributed by atoms with Gasteiger partial charge in [-0.1, -0.05) is 0 Å². The summed E-state index contributed by atoms with van der Waals surface area (Å²) in [6.07, 6.45) is 0. The van der Waals surface area contributed by atoms with Crippen molar-refractivity contribution in [3.63, 3.8) is 0 Å². The van der Waals surface area contributed by atoms with Crippen LogP contribution in [0.25, 0.3) is 0 Å². The molecule has 15 heavy (non-hydrogen) atoms. The molecule has 10 nitrogen and oxygen atoms in total. The van der Waals surface area contributed by atoms with Crippen molar-refractivity contribution in [2.24, 2.45) is 0 Å². The molecule has 10 N–H and O–H groups in total. The van der Waals surface area contributed by atoms with Crippen molar-refractivity contribution in [1.29, 1.82) is 0 Å². The molecule has 0 amide bonds. The molecule has 0 aliphatic rings. The molecule has 80 valence electrons. The van der Waals surface area contributed by atoms with Gasteiger partial charge >= 0.3 is 189 Å². The van der Waals surface area contributed by atoms with E-state index in [9.17, 15) is 0 Å². The first-order chi connectivity index (χ1) is 0. The van der Waals surface area contributed by atoms with E-state index in [1.54, 1.807) is 0 Å². The van der Waals surface area contributed by atoms with Crippen LogP contribution in [-0.2, 0) is 0 Å². The van der Waals surface area contributed by atoms with Crippen molar-refractivity contribution in [2.75, 3.05) is 0 Å². The van der Waals surface area contributed by atoms with Crippen molar-refractivity contribution in [2.45, 2.75) is 0 Å². The van der Waals surface area contributed by atoms with Crippen LogP contribution >= 0.6 is 0 Å². The van der Waals surface area contributed by atoms with Crippen molar-refractivity contribution in [1.82, 2.24) is 0 Å². The minimum absolute atomic E-state index is 0. The van der Waals surface area contributed by atoms with E-state index in [1.807, 2.05) is 0 Å². The summed E-state index contributed by atoms with van der Waals surface area (Å²) in [6.45, 7) is 0. The topological polar surface area (TPSA) is 300 Å². The predicted molar refractivity (Wildman–Crippen MR) is 48.1 cm³/mol. The van der Waals surface area contributed by atoms with E-state index in [2.05, 4.69) is 0 Å². The van der Waals surface area contributed by atoms with E-state index in [-0.39, 0.29) is 243 Å². The third kappa shape index (κ3) is 183. The molecule has 0 aliphatic carbocycles. The molecule has 0 heterocycles. The molecular formula is H10Ca5O10. The first kappa shape index (κ1) is 238. The first-order valence-electron chi connectivity index (χ1n) is 0. The molecule has 0 unspecified atom stereocenters. The third-order valence-electron chi connectivity index (χ3n) is 0. The molecule has 0 atom stereocenters. The molecule has 0 rings (SSSR count). The molecule has 0 radical (unpaired) electrons. The fourth-order valence-electron chi connectivity index (χ4n) is 0. The minimum Gasteiger partial charge on any atom is -0.870 e. The first-order valence-corrected chi connectivity index (χ1v) is 0. The molecule has 0 fully saturated rings. The summed E-state index contributed by atoms with van der Waals surface area (Å²) in [6, 6.07) is 0. The summed E-state index contributed by atoms with van der Waals surface area (Å²) in [7, 11) is 0. The van der Waals surface area contributed by atoms with E-state index >= 15 is 0 Å². The minimum atomic E-state index is 0. The smallest absolute Gasteiger partial charge is 0.870 e. The van der Waals surface area contributed by atoms with Crippen LogP contribution < -0.4 is 0 Å². The quantitative estimate of drug-likeness (QED) is 0.375. The number of rotatable bonds is 0. The van der Waals surface area contributed by atoms with E-state index in [0.717, 1.165) is 0 Å². The molecule has 0 aromatic heterocycles. The second-order valence-electron chi connectivity index (χ2n) is 0. The average Bonchev–Trinajstić information content (AvgIpc) is 0. The van der Waals surface area contributed by atoms with Gasteiger partial charge in [-0.15, -0.1) is 0 Å². The zero-order valence-corrected chi connectivity index (χ0v) is 19.0. The summed E-state index contributed by atoms with van der Waals surface area (Å²) < 4.78 is 0. The maximum Gasteiger partial charge on any atom is 2.00 e. The fourth-order valence-corrected chi connectivity index (χ4v) is 0. The molecule has 0 saturated heterocycles. The van der Waals surface area contributed by atoms with Gasteiger partial charge in [-0.3, -0.25) is 0 Å². The predicted octanol–water partition coefficient (Wildman–Crippen LogP) is -3.67. The van der Waals surface area contributed by atoms with E-state index < -0.39 is 0 Å². The van der Waals surface area contributed by atoms with Crippen molar-refractivity contribution < 1.29 is 54.8 Å². The van der Waals surface area contributed by atoms with Gasteiger partial charge in [-0.2, -0.15) is 0 Å². The van der Waals surface area contributed by atoms with E-state index in [4.69, 9.17) is 0 Å². The summed E-state index contributed by atoms with van der Waals surface area (Å²) in [5.41, 5.74) is 0. The van der Waals surface area contributed by atoms with Crippen molar-refractivity contribution >= 4 is 189 Å². The maximum atomic E-state index is 0. The Kier molecular flexibility index (Phi) is 3240. The Morgan fingerprint density at radius 2 is 0.133 bits per heavy atom. The Morgan fingerprint density at radius 3 is 0.133 bits per heavy atom. The van der Waals surface area contributed by atoms with Gasteiger partial charge < -0.3 is 54.8 Å². The van der Waals surface area contributed by atoms with Crippen LogP contribution in [0.2, 0.25) is 0 Å². The summed E-state index contributed by atoms with van der Waals surface area (Å²) in [5, 5.41) is 0. The maximum absolute atomic E-state index is 0. The van der Waals surface area contributed by atoms with Crippen LogP contribution in [0.3, 0.4) is 0 Å². The van der Waals surface area contributed by atoms with Gasteiger partial charge in [0.05, 0.1) is 0 Å². The molecule has 0 aliphatic heterocycles. The fraction of sp³-hybridized carbons (Fsp3) is 0. The zero-order chi connectivity index (χ0) is 0.